The lowest BCUT2D eigenvalue weighted by atomic mass is 10.0. The van der Waals surface area contributed by atoms with Crippen molar-refractivity contribution in [1.29, 1.82) is 0 Å². The Bertz CT molecular complexity index is 577. The van der Waals surface area contributed by atoms with Gasteiger partial charge in [0.15, 0.2) is 0 Å². The highest BCUT2D eigenvalue weighted by Crippen LogP contribution is 2.24. The van der Waals surface area contributed by atoms with Crippen LogP contribution in [0, 0.1) is 5.82 Å². The number of rotatable bonds is 5. The van der Waals surface area contributed by atoms with Crippen molar-refractivity contribution in [2.24, 2.45) is 12.8 Å². The first-order valence-corrected chi connectivity index (χ1v) is 6.69. The lowest BCUT2D eigenvalue weighted by Gasteiger charge is -2.23. The largest absolute Gasteiger partial charge is 0.370 e. The minimum atomic E-state index is -0.196. The van der Waals surface area contributed by atoms with E-state index in [0.29, 0.717) is 18.5 Å². The number of hydrogen-bond donors (Lipinski definition) is 1. The van der Waals surface area contributed by atoms with Crippen LogP contribution in [-0.2, 0) is 20.0 Å². The summed E-state index contributed by atoms with van der Waals surface area (Å²) >= 11 is 0. The van der Waals surface area contributed by atoms with Gasteiger partial charge in [0.25, 0.3) is 0 Å². The highest BCUT2D eigenvalue weighted by atomic mass is 19.1. The summed E-state index contributed by atoms with van der Waals surface area (Å²) in [6, 6.07) is 5.07. The molecule has 0 spiro atoms. The van der Waals surface area contributed by atoms with E-state index in [9.17, 15) is 4.39 Å². The van der Waals surface area contributed by atoms with Crippen molar-refractivity contribution >= 4 is 5.69 Å². The molecule has 1 heterocycles. The molecule has 5 heteroatoms. The second-order valence-electron chi connectivity index (χ2n) is 5.30. The minimum Gasteiger partial charge on any atom is -0.370 e. The molecule has 0 aliphatic rings. The summed E-state index contributed by atoms with van der Waals surface area (Å²) in [7, 11) is 3.83. The van der Waals surface area contributed by atoms with E-state index in [-0.39, 0.29) is 11.9 Å². The Labute approximate surface area is 119 Å². The Morgan fingerprint density at radius 3 is 2.80 bits per heavy atom. The van der Waals surface area contributed by atoms with Crippen molar-refractivity contribution in [1.82, 2.24) is 9.78 Å². The van der Waals surface area contributed by atoms with E-state index in [1.807, 2.05) is 44.4 Å². The second kappa shape index (κ2) is 6.05. The van der Waals surface area contributed by atoms with Gasteiger partial charge in [-0.25, -0.2) is 4.39 Å². The molecule has 2 aromatic rings. The Morgan fingerprint density at radius 2 is 2.20 bits per heavy atom. The van der Waals surface area contributed by atoms with Crippen LogP contribution in [0.1, 0.15) is 18.1 Å². The lowest BCUT2D eigenvalue weighted by Crippen LogP contribution is -2.23. The summed E-state index contributed by atoms with van der Waals surface area (Å²) in [4.78, 5) is 2.03. The van der Waals surface area contributed by atoms with Crippen molar-refractivity contribution in [2.45, 2.75) is 25.9 Å². The van der Waals surface area contributed by atoms with Crippen LogP contribution in [0.4, 0.5) is 10.1 Å². The highest BCUT2D eigenvalue weighted by Gasteiger charge is 2.14. The zero-order valence-corrected chi connectivity index (χ0v) is 12.2. The van der Waals surface area contributed by atoms with Crippen LogP contribution in [0.3, 0.4) is 0 Å². The van der Waals surface area contributed by atoms with Crippen LogP contribution < -0.4 is 10.6 Å². The number of nitrogens with zero attached hydrogens (tertiary/aromatic N) is 3. The van der Waals surface area contributed by atoms with E-state index >= 15 is 0 Å². The summed E-state index contributed by atoms with van der Waals surface area (Å²) in [6.45, 7) is 2.57. The van der Waals surface area contributed by atoms with Gasteiger partial charge >= 0.3 is 0 Å². The molecule has 4 nitrogen and oxygen atoms in total. The van der Waals surface area contributed by atoms with Gasteiger partial charge in [-0.3, -0.25) is 4.68 Å². The smallest absolute Gasteiger partial charge is 0.128 e. The normalized spacial score (nSPS) is 12.4. The third-order valence-corrected chi connectivity index (χ3v) is 3.21. The van der Waals surface area contributed by atoms with E-state index in [1.54, 1.807) is 10.7 Å². The molecule has 20 heavy (non-hydrogen) atoms. The highest BCUT2D eigenvalue weighted by molar-refractivity contribution is 5.54. The molecule has 2 rings (SSSR count). The Morgan fingerprint density at radius 1 is 1.45 bits per heavy atom. The fourth-order valence-electron chi connectivity index (χ4n) is 2.34. The molecule has 2 N–H and O–H groups in total. The predicted molar refractivity (Wildman–Crippen MR) is 79.1 cm³/mol. The first-order chi connectivity index (χ1) is 9.47. The van der Waals surface area contributed by atoms with E-state index in [4.69, 9.17) is 5.73 Å². The average Bonchev–Trinajstić information content (AvgIpc) is 2.76. The molecule has 0 fully saturated rings. The SMILES string of the molecule is CC(N)Cc1c(F)cccc1N(C)Cc1cnn(C)c1. The molecule has 0 aliphatic carbocycles. The van der Waals surface area contributed by atoms with E-state index in [2.05, 4.69) is 5.10 Å². The van der Waals surface area contributed by atoms with Crippen LogP contribution in [0.15, 0.2) is 30.6 Å². The Balaban J connectivity index is 2.24. The van der Waals surface area contributed by atoms with Gasteiger partial charge in [-0.15, -0.1) is 0 Å². The Kier molecular flexibility index (Phi) is 4.39. The molecule has 1 aromatic carbocycles. The van der Waals surface area contributed by atoms with Crippen molar-refractivity contribution in [3.05, 3.63) is 47.5 Å². The van der Waals surface area contributed by atoms with E-state index < -0.39 is 0 Å². The summed E-state index contributed by atoms with van der Waals surface area (Å²) in [5.41, 5.74) is 8.46. The minimum absolute atomic E-state index is 0.0718. The molecule has 1 atom stereocenters. The van der Waals surface area contributed by atoms with Crippen LogP contribution in [-0.4, -0.2) is 22.9 Å². The predicted octanol–water partition coefficient (Wildman–Crippen LogP) is 2.09. The molecule has 0 radical (unpaired) electrons. The topological polar surface area (TPSA) is 47.1 Å². The third kappa shape index (κ3) is 3.36. The van der Waals surface area contributed by atoms with Gasteiger partial charge in [0.05, 0.1) is 6.20 Å². The zero-order chi connectivity index (χ0) is 14.7. The maximum atomic E-state index is 14.0. The monoisotopic (exact) mass is 276 g/mol. The molecule has 108 valence electrons. The van der Waals surface area contributed by atoms with Crippen molar-refractivity contribution in [2.75, 3.05) is 11.9 Å². The maximum absolute atomic E-state index is 14.0. The van der Waals surface area contributed by atoms with Gasteiger partial charge in [-0.2, -0.15) is 5.10 Å². The van der Waals surface area contributed by atoms with E-state index in [1.165, 1.54) is 6.07 Å². The van der Waals surface area contributed by atoms with Gasteiger partial charge in [0, 0.05) is 49.7 Å². The molecule has 0 bridgehead atoms. The zero-order valence-electron chi connectivity index (χ0n) is 12.2. The van der Waals surface area contributed by atoms with Crippen molar-refractivity contribution in [3.8, 4) is 0 Å². The second-order valence-corrected chi connectivity index (χ2v) is 5.30. The molecular formula is C15H21FN4. The van der Waals surface area contributed by atoms with Crippen molar-refractivity contribution in [3.63, 3.8) is 0 Å². The first-order valence-electron chi connectivity index (χ1n) is 6.69. The van der Waals surface area contributed by atoms with Gasteiger partial charge in [-0.05, 0) is 25.5 Å². The van der Waals surface area contributed by atoms with Crippen LogP contribution in [0.25, 0.3) is 0 Å². The lowest BCUT2D eigenvalue weighted by molar-refractivity contribution is 0.595. The van der Waals surface area contributed by atoms with E-state index in [0.717, 1.165) is 11.3 Å². The number of aromatic nitrogens is 2. The number of benzene rings is 1. The van der Waals surface area contributed by atoms with Gasteiger partial charge < -0.3 is 10.6 Å². The van der Waals surface area contributed by atoms with Crippen LogP contribution >= 0.6 is 0 Å². The number of aryl methyl sites for hydroxylation is 1. The molecule has 1 aromatic heterocycles. The van der Waals surface area contributed by atoms with Crippen LogP contribution in [0.2, 0.25) is 0 Å². The number of halogens is 1. The Hall–Kier alpha value is -1.88. The first kappa shape index (κ1) is 14.5. The standard InChI is InChI=1S/C15H21FN4/c1-11(17)7-13-14(16)5-4-6-15(13)19(2)9-12-8-18-20(3)10-12/h4-6,8,10-11H,7,9,17H2,1-3H3. The van der Waals surface area contributed by atoms with Gasteiger partial charge in [0.2, 0.25) is 0 Å². The fraction of sp³-hybridized carbons (Fsp3) is 0.400. The molecule has 0 saturated heterocycles. The maximum Gasteiger partial charge on any atom is 0.128 e. The molecule has 0 saturated carbocycles. The summed E-state index contributed by atoms with van der Waals surface area (Å²) < 4.78 is 15.8. The molecule has 0 amide bonds. The summed E-state index contributed by atoms with van der Waals surface area (Å²) in [5, 5.41) is 4.15. The number of anilines is 1. The van der Waals surface area contributed by atoms with Crippen molar-refractivity contribution < 1.29 is 4.39 Å². The number of nitrogens with two attached hydrogens (primary N) is 1. The molecular weight excluding hydrogens is 255 g/mol. The van der Waals surface area contributed by atoms with Gasteiger partial charge in [0.1, 0.15) is 5.82 Å². The summed E-state index contributed by atoms with van der Waals surface area (Å²) in [6.07, 6.45) is 4.31. The van der Waals surface area contributed by atoms with Gasteiger partial charge in [-0.1, -0.05) is 6.07 Å². The number of hydrogen-bond acceptors (Lipinski definition) is 3. The molecule has 1 unspecified atom stereocenters. The molecule has 0 aliphatic heterocycles. The average molecular weight is 276 g/mol. The quantitative estimate of drug-likeness (QED) is 0.909. The van der Waals surface area contributed by atoms with Crippen LogP contribution in [0.5, 0.6) is 0 Å². The fourth-order valence-corrected chi connectivity index (χ4v) is 2.34. The summed E-state index contributed by atoms with van der Waals surface area (Å²) in [5.74, 6) is -0.196. The third-order valence-electron chi connectivity index (χ3n) is 3.21.